The maximum atomic E-state index is 12.5. The van der Waals surface area contributed by atoms with E-state index in [-0.39, 0.29) is 36.9 Å². The molecule has 0 saturated carbocycles. The Kier molecular flexibility index (Phi) is 6.47. The number of benzene rings is 1. The highest BCUT2D eigenvalue weighted by molar-refractivity contribution is 6.08. The van der Waals surface area contributed by atoms with E-state index in [9.17, 15) is 9.59 Å². The predicted molar refractivity (Wildman–Crippen MR) is 102 cm³/mol. The van der Waals surface area contributed by atoms with Gasteiger partial charge in [0, 0.05) is 18.8 Å². The predicted octanol–water partition coefficient (Wildman–Crippen LogP) is 0.998. The summed E-state index contributed by atoms with van der Waals surface area (Å²) in [5.41, 5.74) is 2.50. The van der Waals surface area contributed by atoms with Gasteiger partial charge in [0.1, 0.15) is 5.70 Å². The molecule has 1 aromatic rings. The second-order valence-corrected chi connectivity index (χ2v) is 6.92. The van der Waals surface area contributed by atoms with Crippen molar-refractivity contribution in [1.29, 1.82) is 0 Å². The maximum absolute atomic E-state index is 12.5. The first kappa shape index (κ1) is 19.4. The van der Waals surface area contributed by atoms with Crippen LogP contribution in [0.5, 0.6) is 0 Å². The van der Waals surface area contributed by atoms with Crippen LogP contribution < -0.4 is 5.32 Å². The van der Waals surface area contributed by atoms with Crippen LogP contribution in [-0.2, 0) is 20.7 Å². The molecule has 7 heteroatoms. The molecule has 2 heterocycles. The Balaban J connectivity index is 1.66. The summed E-state index contributed by atoms with van der Waals surface area (Å²) in [6.07, 6.45) is 3.59. The van der Waals surface area contributed by atoms with Gasteiger partial charge in [-0.2, -0.15) is 0 Å². The minimum Gasteiger partial charge on any atom is -0.466 e. The molecule has 146 valence electrons. The quantitative estimate of drug-likeness (QED) is 0.662. The van der Waals surface area contributed by atoms with E-state index >= 15 is 0 Å². The molecule has 1 saturated heterocycles. The zero-order chi connectivity index (χ0) is 19.2. The number of hydrogen-bond donors (Lipinski definition) is 2. The molecule has 0 bridgehead atoms. The molecule has 2 N–H and O–H groups in total. The minimum atomic E-state index is -0.534. The molecular weight excluding hydrogens is 346 g/mol. The van der Waals surface area contributed by atoms with Gasteiger partial charge in [0.15, 0.2) is 0 Å². The van der Waals surface area contributed by atoms with E-state index in [0.29, 0.717) is 0 Å². The van der Waals surface area contributed by atoms with Crippen molar-refractivity contribution in [3.63, 3.8) is 0 Å². The molecule has 0 aliphatic carbocycles. The molecule has 1 amide bonds. The molecule has 0 spiro atoms. The van der Waals surface area contributed by atoms with Gasteiger partial charge in [0.2, 0.25) is 0 Å². The Morgan fingerprint density at radius 1 is 1.19 bits per heavy atom. The van der Waals surface area contributed by atoms with E-state index in [1.165, 1.54) is 43.5 Å². The Morgan fingerprint density at radius 3 is 2.52 bits per heavy atom. The maximum Gasteiger partial charge on any atom is 0.337 e. The van der Waals surface area contributed by atoms with E-state index in [2.05, 4.69) is 10.2 Å². The monoisotopic (exact) mass is 373 g/mol. The number of methoxy groups -OCH3 is 1. The molecule has 2 aliphatic rings. The van der Waals surface area contributed by atoms with Crippen LogP contribution in [0.1, 0.15) is 18.4 Å². The van der Waals surface area contributed by atoms with Crippen molar-refractivity contribution in [3.8, 4) is 0 Å². The third kappa shape index (κ3) is 4.67. The van der Waals surface area contributed by atoms with Crippen LogP contribution >= 0.6 is 0 Å². The van der Waals surface area contributed by atoms with Crippen molar-refractivity contribution < 1.29 is 19.4 Å². The number of likely N-dealkylation sites (tertiary alicyclic amines) is 1. The van der Waals surface area contributed by atoms with Gasteiger partial charge in [-0.3, -0.25) is 4.79 Å². The fourth-order valence-electron chi connectivity index (χ4n) is 3.54. The number of β-amino-alcohol motifs (C(OH)–C–C–N with tert-alkyl or cyclic N) is 1. The lowest BCUT2D eigenvalue weighted by molar-refractivity contribution is -0.136. The lowest BCUT2D eigenvalue weighted by Crippen LogP contribution is -2.31. The number of ether oxygens (including phenoxy) is 1. The summed E-state index contributed by atoms with van der Waals surface area (Å²) in [7, 11) is 1.29. The number of amides is 1. The summed E-state index contributed by atoms with van der Waals surface area (Å²) >= 11 is 0. The Labute approximate surface area is 159 Å². The molecule has 27 heavy (non-hydrogen) atoms. The molecule has 2 aliphatic heterocycles. The normalized spacial score (nSPS) is 17.7. The summed E-state index contributed by atoms with van der Waals surface area (Å²) in [6.45, 7) is 3.62. The number of nitrogens with zero attached hydrogens (tertiary/aromatic N) is 2. The lowest BCUT2D eigenvalue weighted by atomic mass is 10.1. The van der Waals surface area contributed by atoms with Gasteiger partial charge in [-0.1, -0.05) is 12.1 Å². The fourth-order valence-corrected chi connectivity index (χ4v) is 3.54. The van der Waals surface area contributed by atoms with Crippen molar-refractivity contribution >= 4 is 17.6 Å². The highest BCUT2D eigenvalue weighted by Crippen LogP contribution is 2.23. The van der Waals surface area contributed by atoms with Gasteiger partial charge >= 0.3 is 5.97 Å². The zero-order valence-corrected chi connectivity index (χ0v) is 15.7. The van der Waals surface area contributed by atoms with Gasteiger partial charge < -0.3 is 25.0 Å². The van der Waals surface area contributed by atoms with Crippen molar-refractivity contribution in [1.82, 2.24) is 9.80 Å². The Bertz CT molecular complexity index is 708. The minimum absolute atomic E-state index is 0.141. The van der Waals surface area contributed by atoms with Crippen LogP contribution in [0.4, 0.5) is 5.69 Å². The highest BCUT2D eigenvalue weighted by Gasteiger charge is 2.34. The zero-order valence-electron chi connectivity index (χ0n) is 15.7. The first-order chi connectivity index (χ1) is 13.1. The van der Waals surface area contributed by atoms with Crippen LogP contribution in [0, 0.1) is 0 Å². The third-order valence-electron chi connectivity index (χ3n) is 5.09. The van der Waals surface area contributed by atoms with E-state index in [4.69, 9.17) is 9.84 Å². The average molecular weight is 373 g/mol. The second-order valence-electron chi connectivity index (χ2n) is 6.92. The summed E-state index contributed by atoms with van der Waals surface area (Å²) in [5.74, 6) is -0.837. The summed E-state index contributed by atoms with van der Waals surface area (Å²) in [6, 6.07) is 7.93. The number of carbonyl (C=O) groups excluding carboxylic acids is 2. The lowest BCUT2D eigenvalue weighted by Gasteiger charge is -2.15. The largest absolute Gasteiger partial charge is 0.466 e. The average Bonchev–Trinajstić information content (AvgIpc) is 3.31. The Morgan fingerprint density at radius 2 is 1.89 bits per heavy atom. The molecule has 0 atom stereocenters. The first-order valence-corrected chi connectivity index (χ1v) is 9.42. The molecule has 0 unspecified atom stereocenters. The number of nitrogens with one attached hydrogen (secondary N) is 1. The SMILES string of the molecule is COC(=O)C1=C(Nc2ccc(CCN3CCCC3)cc2)C(=O)N(CCO)C1. The van der Waals surface area contributed by atoms with Crippen molar-refractivity contribution in [2.45, 2.75) is 19.3 Å². The van der Waals surface area contributed by atoms with E-state index in [1.807, 2.05) is 24.3 Å². The highest BCUT2D eigenvalue weighted by atomic mass is 16.5. The van der Waals surface area contributed by atoms with Crippen LogP contribution in [0.15, 0.2) is 35.5 Å². The summed E-state index contributed by atoms with van der Waals surface area (Å²) < 4.78 is 4.79. The molecule has 1 aromatic carbocycles. The molecule has 3 rings (SSSR count). The van der Waals surface area contributed by atoms with Crippen molar-refractivity contribution in [2.75, 3.05) is 51.8 Å². The van der Waals surface area contributed by atoms with Gasteiger partial charge in [-0.05, 0) is 50.0 Å². The second kappa shape index (κ2) is 9.01. The number of esters is 1. The third-order valence-corrected chi connectivity index (χ3v) is 5.09. The molecular formula is C20H27N3O4. The van der Waals surface area contributed by atoms with E-state index in [0.717, 1.165) is 18.7 Å². The fraction of sp³-hybridized carbons (Fsp3) is 0.500. The first-order valence-electron chi connectivity index (χ1n) is 9.42. The smallest absolute Gasteiger partial charge is 0.337 e. The number of aliphatic hydroxyl groups is 1. The molecule has 1 fully saturated rings. The van der Waals surface area contributed by atoms with E-state index in [1.54, 1.807) is 0 Å². The van der Waals surface area contributed by atoms with Crippen LogP contribution in [0.25, 0.3) is 0 Å². The van der Waals surface area contributed by atoms with E-state index < -0.39 is 5.97 Å². The topological polar surface area (TPSA) is 82.1 Å². The van der Waals surface area contributed by atoms with Gasteiger partial charge in [-0.25, -0.2) is 4.79 Å². The molecule has 7 nitrogen and oxygen atoms in total. The number of aliphatic hydroxyl groups excluding tert-OH is 1. The van der Waals surface area contributed by atoms with Gasteiger partial charge in [0.25, 0.3) is 5.91 Å². The van der Waals surface area contributed by atoms with Gasteiger partial charge in [-0.15, -0.1) is 0 Å². The molecule has 0 radical (unpaired) electrons. The van der Waals surface area contributed by atoms with Crippen molar-refractivity contribution in [2.24, 2.45) is 0 Å². The molecule has 0 aromatic heterocycles. The standard InChI is InChI=1S/C20H27N3O4/c1-27-20(26)17-14-23(12-13-24)19(25)18(17)21-16-6-4-15(5-7-16)8-11-22-9-2-3-10-22/h4-7,21,24H,2-3,8-14H2,1H3. The van der Waals surface area contributed by atoms with Gasteiger partial charge in [0.05, 0.1) is 25.8 Å². The van der Waals surface area contributed by atoms with Crippen LogP contribution in [-0.4, -0.2) is 73.2 Å². The number of rotatable bonds is 8. The van der Waals surface area contributed by atoms with Crippen LogP contribution in [0.2, 0.25) is 0 Å². The van der Waals surface area contributed by atoms with Crippen LogP contribution in [0.3, 0.4) is 0 Å². The summed E-state index contributed by atoms with van der Waals surface area (Å²) in [4.78, 5) is 28.4. The van der Waals surface area contributed by atoms with Crippen molar-refractivity contribution in [3.05, 3.63) is 41.1 Å². The number of carbonyl (C=O) groups is 2. The number of hydrogen-bond acceptors (Lipinski definition) is 6. The Hall–Kier alpha value is -2.38. The number of anilines is 1. The summed E-state index contributed by atoms with van der Waals surface area (Å²) in [5, 5.41) is 12.2.